The first-order valence-corrected chi connectivity index (χ1v) is 7.10. The molecule has 1 N–H and O–H groups in total. The summed E-state index contributed by atoms with van der Waals surface area (Å²) in [6, 6.07) is 7.43. The van der Waals surface area contributed by atoms with Crippen LogP contribution in [0.5, 0.6) is 0 Å². The van der Waals surface area contributed by atoms with Gasteiger partial charge < -0.3 is 10.1 Å². The molecule has 1 atom stereocenters. The Labute approximate surface area is 116 Å². The van der Waals surface area contributed by atoms with Gasteiger partial charge >= 0.3 is 0 Å². The summed E-state index contributed by atoms with van der Waals surface area (Å²) in [5.41, 5.74) is 0.781. The van der Waals surface area contributed by atoms with Gasteiger partial charge in [-0.1, -0.05) is 32.0 Å². The van der Waals surface area contributed by atoms with E-state index in [1.165, 1.54) is 6.07 Å². The minimum absolute atomic E-state index is 0.123. The molecule has 0 aliphatic heterocycles. The summed E-state index contributed by atoms with van der Waals surface area (Å²) in [6.45, 7) is 9.68. The lowest BCUT2D eigenvalue weighted by Gasteiger charge is -2.21. The summed E-state index contributed by atoms with van der Waals surface area (Å²) >= 11 is 0. The van der Waals surface area contributed by atoms with Crippen LogP contribution in [0.3, 0.4) is 0 Å². The van der Waals surface area contributed by atoms with Gasteiger partial charge in [0.25, 0.3) is 0 Å². The number of ether oxygens (including phenoxy) is 1. The highest BCUT2D eigenvalue weighted by Gasteiger charge is 2.15. The maximum absolute atomic E-state index is 13.9. The van der Waals surface area contributed by atoms with E-state index in [4.69, 9.17) is 4.74 Å². The molecule has 0 amide bonds. The first-order valence-electron chi connectivity index (χ1n) is 7.10. The van der Waals surface area contributed by atoms with E-state index >= 15 is 0 Å². The molecule has 2 nitrogen and oxygen atoms in total. The van der Waals surface area contributed by atoms with Crippen molar-refractivity contribution in [2.45, 2.75) is 52.2 Å². The fraction of sp³-hybridized carbons (Fsp3) is 0.625. The SMILES string of the molecule is CC(C)NCC(CCOC(C)C)c1ccccc1F. The van der Waals surface area contributed by atoms with E-state index < -0.39 is 0 Å². The topological polar surface area (TPSA) is 21.3 Å². The second-order valence-electron chi connectivity index (χ2n) is 5.49. The number of halogens is 1. The molecule has 108 valence electrons. The fourth-order valence-corrected chi connectivity index (χ4v) is 2.00. The molecule has 0 spiro atoms. The maximum Gasteiger partial charge on any atom is 0.126 e. The Bertz CT molecular complexity index is 366. The van der Waals surface area contributed by atoms with Gasteiger partial charge in [0.2, 0.25) is 0 Å². The zero-order valence-electron chi connectivity index (χ0n) is 12.4. The minimum Gasteiger partial charge on any atom is -0.379 e. The van der Waals surface area contributed by atoms with E-state index in [0.717, 1.165) is 18.5 Å². The molecule has 0 aliphatic carbocycles. The first kappa shape index (κ1) is 16.1. The fourth-order valence-electron chi connectivity index (χ4n) is 2.00. The molecule has 1 aromatic carbocycles. The smallest absolute Gasteiger partial charge is 0.126 e. The zero-order chi connectivity index (χ0) is 14.3. The van der Waals surface area contributed by atoms with Crippen molar-refractivity contribution in [1.82, 2.24) is 5.32 Å². The molecule has 0 heterocycles. The van der Waals surface area contributed by atoms with Crippen molar-refractivity contribution in [3.63, 3.8) is 0 Å². The molecule has 0 bridgehead atoms. The molecule has 0 aliphatic rings. The summed E-state index contributed by atoms with van der Waals surface area (Å²) in [5, 5.41) is 3.39. The van der Waals surface area contributed by atoms with Crippen molar-refractivity contribution in [1.29, 1.82) is 0 Å². The lowest BCUT2D eigenvalue weighted by Crippen LogP contribution is -2.29. The summed E-state index contributed by atoms with van der Waals surface area (Å²) < 4.78 is 19.5. The summed E-state index contributed by atoms with van der Waals surface area (Å²) in [7, 11) is 0. The predicted molar refractivity (Wildman–Crippen MR) is 78.0 cm³/mol. The van der Waals surface area contributed by atoms with Crippen LogP contribution in [-0.4, -0.2) is 25.3 Å². The van der Waals surface area contributed by atoms with E-state index in [2.05, 4.69) is 19.2 Å². The molecule has 0 saturated heterocycles. The highest BCUT2D eigenvalue weighted by Crippen LogP contribution is 2.22. The van der Waals surface area contributed by atoms with Gasteiger partial charge in [-0.25, -0.2) is 4.39 Å². The molecule has 1 aromatic rings. The number of nitrogens with one attached hydrogen (secondary N) is 1. The Hall–Kier alpha value is -0.930. The standard InChI is InChI=1S/C16H26FNO/c1-12(2)18-11-14(9-10-19-13(3)4)15-7-5-6-8-16(15)17/h5-8,12-14,18H,9-11H2,1-4H3. The van der Waals surface area contributed by atoms with E-state index in [0.29, 0.717) is 12.6 Å². The Balaban J connectivity index is 2.66. The van der Waals surface area contributed by atoms with E-state index in [9.17, 15) is 4.39 Å². The number of rotatable bonds is 8. The number of benzene rings is 1. The molecule has 0 saturated carbocycles. The highest BCUT2D eigenvalue weighted by molar-refractivity contribution is 5.22. The molecule has 19 heavy (non-hydrogen) atoms. The molecular formula is C16H26FNO. The Kier molecular flexibility index (Phi) is 7.03. The van der Waals surface area contributed by atoms with Crippen molar-refractivity contribution >= 4 is 0 Å². The van der Waals surface area contributed by atoms with Gasteiger partial charge in [-0.15, -0.1) is 0 Å². The quantitative estimate of drug-likeness (QED) is 0.775. The Morgan fingerprint density at radius 2 is 1.84 bits per heavy atom. The average molecular weight is 267 g/mol. The average Bonchev–Trinajstić information content (AvgIpc) is 2.34. The monoisotopic (exact) mass is 267 g/mol. The van der Waals surface area contributed by atoms with Gasteiger partial charge in [0, 0.05) is 25.1 Å². The number of hydrogen-bond acceptors (Lipinski definition) is 2. The first-order chi connectivity index (χ1) is 9.00. The van der Waals surface area contributed by atoms with Crippen molar-refractivity contribution < 1.29 is 9.13 Å². The summed E-state index contributed by atoms with van der Waals surface area (Å²) in [5.74, 6) is 0.0324. The van der Waals surface area contributed by atoms with E-state index in [1.807, 2.05) is 26.0 Å². The maximum atomic E-state index is 13.9. The minimum atomic E-state index is -0.123. The number of hydrogen-bond donors (Lipinski definition) is 1. The van der Waals surface area contributed by atoms with Crippen LogP contribution in [0.1, 0.15) is 45.6 Å². The largest absolute Gasteiger partial charge is 0.379 e. The van der Waals surface area contributed by atoms with Crippen LogP contribution in [0.25, 0.3) is 0 Å². The van der Waals surface area contributed by atoms with E-state index in [1.54, 1.807) is 6.07 Å². The molecule has 0 aromatic heterocycles. The van der Waals surface area contributed by atoms with Gasteiger partial charge in [0.05, 0.1) is 6.10 Å². The molecule has 3 heteroatoms. The molecular weight excluding hydrogens is 241 g/mol. The Morgan fingerprint density at radius 3 is 2.42 bits per heavy atom. The van der Waals surface area contributed by atoms with Gasteiger partial charge in [0.15, 0.2) is 0 Å². The lowest BCUT2D eigenvalue weighted by molar-refractivity contribution is 0.0730. The molecule has 1 rings (SSSR count). The van der Waals surface area contributed by atoms with Crippen molar-refractivity contribution in [3.05, 3.63) is 35.6 Å². The van der Waals surface area contributed by atoms with Crippen LogP contribution >= 0.6 is 0 Å². The van der Waals surface area contributed by atoms with Crippen LogP contribution in [0.4, 0.5) is 4.39 Å². The van der Waals surface area contributed by atoms with Crippen LogP contribution in [0.15, 0.2) is 24.3 Å². The normalized spacial score (nSPS) is 13.2. The Morgan fingerprint density at radius 1 is 1.16 bits per heavy atom. The van der Waals surface area contributed by atoms with Crippen molar-refractivity contribution in [2.24, 2.45) is 0 Å². The van der Waals surface area contributed by atoms with Crippen molar-refractivity contribution in [2.75, 3.05) is 13.2 Å². The predicted octanol–water partition coefficient (Wildman–Crippen LogP) is 3.72. The summed E-state index contributed by atoms with van der Waals surface area (Å²) in [6.07, 6.45) is 1.05. The zero-order valence-corrected chi connectivity index (χ0v) is 12.4. The van der Waals surface area contributed by atoms with Crippen molar-refractivity contribution in [3.8, 4) is 0 Å². The van der Waals surface area contributed by atoms with Crippen LogP contribution in [-0.2, 0) is 4.74 Å². The van der Waals surface area contributed by atoms with Crippen LogP contribution in [0.2, 0.25) is 0 Å². The summed E-state index contributed by atoms with van der Waals surface area (Å²) in [4.78, 5) is 0. The molecule has 0 radical (unpaired) electrons. The van der Waals surface area contributed by atoms with Crippen LogP contribution in [0, 0.1) is 5.82 Å². The van der Waals surface area contributed by atoms with Gasteiger partial charge in [-0.2, -0.15) is 0 Å². The van der Waals surface area contributed by atoms with E-state index in [-0.39, 0.29) is 17.8 Å². The lowest BCUT2D eigenvalue weighted by atomic mass is 9.95. The third-order valence-corrected chi connectivity index (χ3v) is 3.04. The van der Waals surface area contributed by atoms with Gasteiger partial charge in [0.1, 0.15) is 5.82 Å². The molecule has 1 unspecified atom stereocenters. The third kappa shape index (κ3) is 6.17. The molecule has 0 fully saturated rings. The van der Waals surface area contributed by atoms with Crippen LogP contribution < -0.4 is 5.32 Å². The second kappa shape index (κ2) is 8.28. The third-order valence-electron chi connectivity index (χ3n) is 3.04. The second-order valence-corrected chi connectivity index (χ2v) is 5.49. The highest BCUT2D eigenvalue weighted by atomic mass is 19.1. The van der Waals surface area contributed by atoms with Gasteiger partial charge in [-0.05, 0) is 31.9 Å². The van der Waals surface area contributed by atoms with Gasteiger partial charge in [-0.3, -0.25) is 0 Å².